The molecule has 0 saturated carbocycles. The van der Waals surface area contributed by atoms with Crippen molar-refractivity contribution in [1.82, 2.24) is 4.98 Å². The fourth-order valence-corrected chi connectivity index (χ4v) is 5.26. The molecular weight excluding hydrogens is 531 g/mol. The first-order chi connectivity index (χ1) is 16.3. The van der Waals surface area contributed by atoms with Crippen LogP contribution in [0.25, 0.3) is 10.2 Å². The molecule has 0 saturated heterocycles. The van der Waals surface area contributed by atoms with E-state index < -0.39 is 29.3 Å². The number of anilines is 1. The van der Waals surface area contributed by atoms with Gasteiger partial charge in [0, 0.05) is 0 Å². The minimum Gasteiger partial charge on any atom is -0.503 e. The summed E-state index contributed by atoms with van der Waals surface area (Å²) >= 11 is 4.28. The van der Waals surface area contributed by atoms with Gasteiger partial charge < -0.3 is 19.4 Å². The van der Waals surface area contributed by atoms with Crippen LogP contribution in [-0.2, 0) is 4.79 Å². The molecule has 1 aliphatic heterocycles. The molecule has 1 aliphatic rings. The van der Waals surface area contributed by atoms with Crippen LogP contribution in [-0.4, -0.2) is 34.0 Å². The third-order valence-corrected chi connectivity index (χ3v) is 6.95. The predicted octanol–water partition coefficient (Wildman–Crippen LogP) is 5.29. The van der Waals surface area contributed by atoms with Gasteiger partial charge in [-0.05, 0) is 64.0 Å². The third kappa shape index (κ3) is 3.44. The minimum absolute atomic E-state index is 0.0719. The maximum atomic E-state index is 13.7. The van der Waals surface area contributed by atoms with Gasteiger partial charge in [0.25, 0.3) is 5.91 Å². The SMILES string of the molecule is COc1cc(C2C(C(=O)c3ccco3)=C(O)C(=O)N2c2nc3ccc(F)cc3s2)cc(Br)c1O. The summed E-state index contributed by atoms with van der Waals surface area (Å²) in [6.07, 6.45) is 1.30. The number of aromatic nitrogens is 1. The average molecular weight is 545 g/mol. The number of phenols is 1. The average Bonchev–Trinajstić information content (AvgIpc) is 3.54. The predicted molar refractivity (Wildman–Crippen MR) is 125 cm³/mol. The molecule has 1 amide bonds. The van der Waals surface area contributed by atoms with Crippen molar-refractivity contribution < 1.29 is 33.3 Å². The highest BCUT2D eigenvalue weighted by Gasteiger charge is 2.47. The maximum Gasteiger partial charge on any atom is 0.296 e. The van der Waals surface area contributed by atoms with Gasteiger partial charge in [-0.3, -0.25) is 14.5 Å². The Bertz CT molecular complexity index is 1500. The summed E-state index contributed by atoms with van der Waals surface area (Å²) in [5, 5.41) is 21.2. The molecule has 0 fully saturated rings. The molecule has 0 spiro atoms. The first-order valence-electron chi connectivity index (χ1n) is 9.77. The van der Waals surface area contributed by atoms with E-state index in [2.05, 4.69) is 20.9 Å². The number of ketones is 1. The number of hydrogen-bond donors (Lipinski definition) is 2. The van der Waals surface area contributed by atoms with E-state index in [1.165, 1.54) is 55.8 Å². The van der Waals surface area contributed by atoms with Gasteiger partial charge in [0.05, 0.1) is 39.7 Å². The van der Waals surface area contributed by atoms with Gasteiger partial charge in [0.2, 0.25) is 5.78 Å². The molecule has 2 aromatic heterocycles. The number of aliphatic hydroxyl groups is 1. The normalized spacial score (nSPS) is 16.0. The van der Waals surface area contributed by atoms with E-state index in [0.717, 1.165) is 16.2 Å². The van der Waals surface area contributed by atoms with Crippen molar-refractivity contribution >= 4 is 54.3 Å². The summed E-state index contributed by atoms with van der Waals surface area (Å²) in [5.41, 5.74) is 0.562. The Kier molecular flexibility index (Phi) is 5.37. The molecule has 2 N–H and O–H groups in total. The van der Waals surface area contributed by atoms with Crippen molar-refractivity contribution in [2.24, 2.45) is 0 Å². The highest BCUT2D eigenvalue weighted by atomic mass is 79.9. The lowest BCUT2D eigenvalue weighted by molar-refractivity contribution is -0.117. The lowest BCUT2D eigenvalue weighted by Crippen LogP contribution is -2.31. The molecule has 0 radical (unpaired) electrons. The molecule has 34 heavy (non-hydrogen) atoms. The molecule has 3 heterocycles. The number of furan rings is 1. The van der Waals surface area contributed by atoms with E-state index in [-0.39, 0.29) is 32.4 Å². The van der Waals surface area contributed by atoms with E-state index in [1.807, 2.05) is 0 Å². The summed E-state index contributed by atoms with van der Waals surface area (Å²) < 4.78 is 24.9. The number of hydrogen-bond acceptors (Lipinski definition) is 8. The van der Waals surface area contributed by atoms with Crippen molar-refractivity contribution in [2.45, 2.75) is 6.04 Å². The highest BCUT2D eigenvalue weighted by molar-refractivity contribution is 9.10. The van der Waals surface area contributed by atoms with Crippen molar-refractivity contribution in [2.75, 3.05) is 12.0 Å². The number of Topliss-reactive ketones (excluding diaryl/α,β-unsaturated/α-hetero) is 1. The van der Waals surface area contributed by atoms with E-state index in [4.69, 9.17) is 9.15 Å². The number of ether oxygens (including phenoxy) is 1. The topological polar surface area (TPSA) is 113 Å². The van der Waals surface area contributed by atoms with Crippen molar-refractivity contribution in [3.63, 3.8) is 0 Å². The van der Waals surface area contributed by atoms with Crippen molar-refractivity contribution in [3.05, 3.63) is 81.7 Å². The number of benzene rings is 2. The molecule has 4 aromatic rings. The van der Waals surface area contributed by atoms with Crippen LogP contribution in [0, 0.1) is 5.82 Å². The first-order valence-corrected chi connectivity index (χ1v) is 11.4. The monoisotopic (exact) mass is 544 g/mol. The summed E-state index contributed by atoms with van der Waals surface area (Å²) in [6, 6.07) is 8.75. The Hall–Kier alpha value is -3.70. The van der Waals surface area contributed by atoms with Gasteiger partial charge in [0.1, 0.15) is 5.82 Å². The quantitative estimate of drug-likeness (QED) is 0.328. The zero-order chi connectivity index (χ0) is 24.1. The number of thiazole rings is 1. The Balaban J connectivity index is 1.73. The Morgan fingerprint density at radius 2 is 2.06 bits per heavy atom. The van der Waals surface area contributed by atoms with Crippen LogP contribution >= 0.6 is 27.3 Å². The van der Waals surface area contributed by atoms with Crippen LogP contribution in [0.4, 0.5) is 9.52 Å². The third-order valence-electron chi connectivity index (χ3n) is 5.33. The molecule has 2 aromatic carbocycles. The second-order valence-electron chi connectivity index (χ2n) is 7.31. The number of aliphatic hydroxyl groups excluding tert-OH is 1. The van der Waals surface area contributed by atoms with Crippen LogP contribution in [0.3, 0.4) is 0 Å². The zero-order valence-electron chi connectivity index (χ0n) is 17.3. The number of phenolic OH excluding ortho intramolecular Hbond substituents is 1. The minimum atomic E-state index is -1.14. The molecule has 0 aliphatic carbocycles. The second kappa shape index (κ2) is 8.26. The summed E-state index contributed by atoms with van der Waals surface area (Å²) in [7, 11) is 1.35. The Labute approximate surface area is 203 Å². The lowest BCUT2D eigenvalue weighted by atomic mass is 9.95. The molecule has 11 heteroatoms. The van der Waals surface area contributed by atoms with Crippen LogP contribution in [0.1, 0.15) is 22.2 Å². The van der Waals surface area contributed by atoms with Crippen LogP contribution in [0.15, 0.2) is 68.9 Å². The number of rotatable bonds is 5. The number of nitrogens with zero attached hydrogens (tertiary/aromatic N) is 2. The van der Waals surface area contributed by atoms with E-state index in [0.29, 0.717) is 15.8 Å². The molecule has 5 rings (SSSR count). The maximum absolute atomic E-state index is 13.7. The number of methoxy groups -OCH3 is 1. The fraction of sp³-hybridized carbons (Fsp3) is 0.0870. The number of carbonyl (C=O) groups excluding carboxylic acids is 2. The van der Waals surface area contributed by atoms with E-state index in [9.17, 15) is 24.2 Å². The molecule has 0 bridgehead atoms. The second-order valence-corrected chi connectivity index (χ2v) is 9.17. The van der Waals surface area contributed by atoms with E-state index >= 15 is 0 Å². The smallest absolute Gasteiger partial charge is 0.296 e. The van der Waals surface area contributed by atoms with Gasteiger partial charge in [-0.15, -0.1) is 0 Å². The van der Waals surface area contributed by atoms with Gasteiger partial charge in [-0.1, -0.05) is 11.3 Å². The van der Waals surface area contributed by atoms with Crippen LogP contribution < -0.4 is 9.64 Å². The van der Waals surface area contributed by atoms with Gasteiger partial charge >= 0.3 is 0 Å². The summed E-state index contributed by atoms with van der Waals surface area (Å²) in [5.74, 6) is -2.95. The van der Waals surface area contributed by atoms with Crippen LogP contribution in [0.5, 0.6) is 11.5 Å². The molecule has 172 valence electrons. The zero-order valence-corrected chi connectivity index (χ0v) is 19.7. The Morgan fingerprint density at radius 1 is 1.26 bits per heavy atom. The van der Waals surface area contributed by atoms with Crippen LogP contribution in [0.2, 0.25) is 0 Å². The lowest BCUT2D eigenvalue weighted by Gasteiger charge is -2.25. The van der Waals surface area contributed by atoms with Crippen molar-refractivity contribution in [1.29, 1.82) is 0 Å². The van der Waals surface area contributed by atoms with Gasteiger partial charge in [0.15, 0.2) is 28.1 Å². The number of fused-ring (bicyclic) bond motifs is 1. The largest absolute Gasteiger partial charge is 0.503 e. The summed E-state index contributed by atoms with van der Waals surface area (Å²) in [4.78, 5) is 32.1. The fourth-order valence-electron chi connectivity index (χ4n) is 3.79. The summed E-state index contributed by atoms with van der Waals surface area (Å²) in [6.45, 7) is 0. The number of aromatic hydroxyl groups is 1. The molecule has 8 nitrogen and oxygen atoms in total. The first kappa shape index (κ1) is 22.1. The molecule has 1 atom stereocenters. The van der Waals surface area contributed by atoms with Gasteiger partial charge in [-0.25, -0.2) is 9.37 Å². The van der Waals surface area contributed by atoms with E-state index in [1.54, 1.807) is 0 Å². The molecular formula is C23H14BrFN2O6S. The standard InChI is InChI=1S/C23H14BrFN2O6S/c1-32-15-8-10(7-12(24)19(15)28)18-17(20(29)14-3-2-6-33-14)21(30)22(31)27(18)23-26-13-5-4-11(25)9-16(13)34-23/h2-9,18,28,30H,1H3. The molecule has 1 unspecified atom stereocenters. The Morgan fingerprint density at radius 3 is 2.76 bits per heavy atom. The number of carbonyl (C=O) groups is 2. The number of amides is 1. The highest BCUT2D eigenvalue weighted by Crippen LogP contribution is 2.47. The van der Waals surface area contributed by atoms with Crippen molar-refractivity contribution in [3.8, 4) is 11.5 Å². The van der Waals surface area contributed by atoms with Gasteiger partial charge in [-0.2, -0.15) is 0 Å². The number of halogens is 2.